The third kappa shape index (κ3) is 3.23. The average Bonchev–Trinajstić information content (AvgIpc) is 2.64. The van der Waals surface area contributed by atoms with Crippen molar-refractivity contribution in [3.05, 3.63) is 0 Å². The number of hydrogen-bond donors (Lipinski definition) is 2. The van der Waals surface area contributed by atoms with Crippen LogP contribution in [0.3, 0.4) is 0 Å². The third-order valence-corrected chi connectivity index (χ3v) is 3.14. The number of likely N-dealkylation sites (tertiary alicyclic amines) is 1. The SMILES string of the molecule is CCNC(CO)CN1CCCC1CC. The fourth-order valence-electron chi connectivity index (χ4n) is 2.36. The zero-order valence-electron chi connectivity index (χ0n) is 9.50. The maximum absolute atomic E-state index is 9.19. The van der Waals surface area contributed by atoms with Gasteiger partial charge in [0.1, 0.15) is 0 Å². The van der Waals surface area contributed by atoms with Crippen molar-refractivity contribution in [2.24, 2.45) is 0 Å². The Morgan fingerprint density at radius 1 is 1.50 bits per heavy atom. The number of hydrogen-bond acceptors (Lipinski definition) is 3. The summed E-state index contributed by atoms with van der Waals surface area (Å²) in [5.74, 6) is 0. The van der Waals surface area contributed by atoms with Crippen molar-refractivity contribution in [2.75, 3.05) is 26.2 Å². The molecule has 1 rings (SSSR count). The van der Waals surface area contributed by atoms with E-state index in [0.717, 1.165) is 19.1 Å². The highest BCUT2D eigenvalue weighted by atomic mass is 16.3. The molecule has 84 valence electrons. The van der Waals surface area contributed by atoms with Gasteiger partial charge in [0.25, 0.3) is 0 Å². The minimum atomic E-state index is 0.251. The molecule has 2 atom stereocenters. The Bertz CT molecular complexity index is 152. The highest BCUT2D eigenvalue weighted by Crippen LogP contribution is 2.19. The summed E-state index contributed by atoms with van der Waals surface area (Å²) in [6.07, 6.45) is 3.90. The lowest BCUT2D eigenvalue weighted by atomic mass is 10.1. The molecule has 1 saturated heterocycles. The van der Waals surface area contributed by atoms with Crippen LogP contribution in [0.15, 0.2) is 0 Å². The Labute approximate surface area is 87.5 Å². The number of aliphatic hydroxyl groups is 1. The summed E-state index contributed by atoms with van der Waals surface area (Å²) in [5.41, 5.74) is 0. The molecule has 0 aromatic heterocycles. The molecule has 0 aliphatic carbocycles. The number of rotatable bonds is 6. The first-order valence-corrected chi connectivity index (χ1v) is 5.90. The van der Waals surface area contributed by atoms with Gasteiger partial charge in [0.15, 0.2) is 0 Å². The van der Waals surface area contributed by atoms with Gasteiger partial charge in [-0.3, -0.25) is 4.90 Å². The molecule has 2 unspecified atom stereocenters. The lowest BCUT2D eigenvalue weighted by Crippen LogP contribution is -2.44. The van der Waals surface area contributed by atoms with Crippen molar-refractivity contribution in [2.45, 2.75) is 45.2 Å². The minimum absolute atomic E-state index is 0.251. The van der Waals surface area contributed by atoms with Crippen molar-refractivity contribution in [1.29, 1.82) is 0 Å². The van der Waals surface area contributed by atoms with Crippen molar-refractivity contribution in [3.8, 4) is 0 Å². The summed E-state index contributed by atoms with van der Waals surface area (Å²) in [6, 6.07) is 1.01. The quantitative estimate of drug-likeness (QED) is 0.667. The van der Waals surface area contributed by atoms with Crippen molar-refractivity contribution >= 4 is 0 Å². The molecular formula is C11H24N2O. The smallest absolute Gasteiger partial charge is 0.0597 e. The highest BCUT2D eigenvalue weighted by molar-refractivity contribution is 4.81. The second-order valence-corrected chi connectivity index (χ2v) is 4.14. The van der Waals surface area contributed by atoms with Gasteiger partial charge in [0.05, 0.1) is 6.61 Å². The van der Waals surface area contributed by atoms with Crippen LogP contribution >= 0.6 is 0 Å². The van der Waals surface area contributed by atoms with Crippen LogP contribution < -0.4 is 5.32 Å². The molecule has 1 aliphatic heterocycles. The van der Waals surface area contributed by atoms with Crippen LogP contribution in [0.1, 0.15) is 33.1 Å². The van der Waals surface area contributed by atoms with E-state index < -0.39 is 0 Å². The van der Waals surface area contributed by atoms with Gasteiger partial charge in [-0.15, -0.1) is 0 Å². The molecule has 0 aromatic rings. The molecule has 2 N–H and O–H groups in total. The Balaban J connectivity index is 2.32. The van der Waals surface area contributed by atoms with E-state index in [1.807, 2.05) is 0 Å². The van der Waals surface area contributed by atoms with Gasteiger partial charge in [-0.25, -0.2) is 0 Å². The molecule has 0 saturated carbocycles. The maximum atomic E-state index is 9.19. The molecule has 3 heteroatoms. The van der Waals surface area contributed by atoms with E-state index in [-0.39, 0.29) is 12.6 Å². The molecule has 0 radical (unpaired) electrons. The monoisotopic (exact) mass is 200 g/mol. The van der Waals surface area contributed by atoms with Gasteiger partial charge >= 0.3 is 0 Å². The molecular weight excluding hydrogens is 176 g/mol. The van der Waals surface area contributed by atoms with Gasteiger partial charge in [-0.2, -0.15) is 0 Å². The second kappa shape index (κ2) is 6.38. The van der Waals surface area contributed by atoms with Gasteiger partial charge in [-0.1, -0.05) is 13.8 Å². The van der Waals surface area contributed by atoms with E-state index in [1.165, 1.54) is 25.8 Å². The van der Waals surface area contributed by atoms with E-state index in [1.54, 1.807) is 0 Å². The highest BCUT2D eigenvalue weighted by Gasteiger charge is 2.24. The zero-order chi connectivity index (χ0) is 10.4. The molecule has 0 bridgehead atoms. The van der Waals surface area contributed by atoms with Crippen molar-refractivity contribution < 1.29 is 5.11 Å². The summed E-state index contributed by atoms with van der Waals surface area (Å²) in [6.45, 7) is 7.74. The topological polar surface area (TPSA) is 35.5 Å². The van der Waals surface area contributed by atoms with Crippen LogP contribution in [-0.4, -0.2) is 48.3 Å². The Kier molecular flexibility index (Phi) is 5.45. The van der Waals surface area contributed by atoms with Crippen LogP contribution in [0.5, 0.6) is 0 Å². The van der Waals surface area contributed by atoms with Crippen LogP contribution in [-0.2, 0) is 0 Å². The predicted molar refractivity (Wildman–Crippen MR) is 59.4 cm³/mol. The first kappa shape index (κ1) is 12.0. The summed E-state index contributed by atoms with van der Waals surface area (Å²) < 4.78 is 0. The predicted octanol–water partition coefficient (Wildman–Crippen LogP) is 0.831. The zero-order valence-corrected chi connectivity index (χ0v) is 9.50. The molecule has 1 fully saturated rings. The largest absolute Gasteiger partial charge is 0.395 e. The molecule has 1 heterocycles. The molecule has 0 spiro atoms. The average molecular weight is 200 g/mol. The van der Waals surface area contributed by atoms with E-state index >= 15 is 0 Å². The number of nitrogens with zero attached hydrogens (tertiary/aromatic N) is 1. The summed E-state index contributed by atoms with van der Waals surface area (Å²) in [5, 5.41) is 12.5. The molecule has 3 nitrogen and oxygen atoms in total. The van der Waals surface area contributed by atoms with Crippen molar-refractivity contribution in [1.82, 2.24) is 10.2 Å². The first-order valence-electron chi connectivity index (χ1n) is 5.90. The lowest BCUT2D eigenvalue weighted by molar-refractivity contribution is 0.171. The van der Waals surface area contributed by atoms with Gasteiger partial charge in [0.2, 0.25) is 0 Å². The van der Waals surface area contributed by atoms with Gasteiger partial charge in [-0.05, 0) is 32.4 Å². The van der Waals surface area contributed by atoms with Crippen LogP contribution in [0.4, 0.5) is 0 Å². The minimum Gasteiger partial charge on any atom is -0.395 e. The lowest BCUT2D eigenvalue weighted by Gasteiger charge is -2.27. The van der Waals surface area contributed by atoms with Crippen LogP contribution in [0.25, 0.3) is 0 Å². The van der Waals surface area contributed by atoms with E-state index in [9.17, 15) is 5.11 Å². The molecule has 14 heavy (non-hydrogen) atoms. The Morgan fingerprint density at radius 2 is 2.29 bits per heavy atom. The molecule has 0 aromatic carbocycles. The Hall–Kier alpha value is -0.120. The van der Waals surface area contributed by atoms with Gasteiger partial charge in [0, 0.05) is 18.6 Å². The fourth-order valence-corrected chi connectivity index (χ4v) is 2.36. The van der Waals surface area contributed by atoms with Crippen LogP contribution in [0.2, 0.25) is 0 Å². The third-order valence-electron chi connectivity index (χ3n) is 3.14. The van der Waals surface area contributed by atoms with Crippen LogP contribution in [0, 0.1) is 0 Å². The van der Waals surface area contributed by atoms with Crippen molar-refractivity contribution in [3.63, 3.8) is 0 Å². The number of aliphatic hydroxyl groups excluding tert-OH is 1. The summed E-state index contributed by atoms with van der Waals surface area (Å²) in [4.78, 5) is 2.52. The first-order chi connectivity index (χ1) is 6.81. The number of likely N-dealkylation sites (N-methyl/N-ethyl adjacent to an activating group) is 1. The molecule has 0 amide bonds. The normalized spacial score (nSPS) is 25.5. The maximum Gasteiger partial charge on any atom is 0.0597 e. The summed E-state index contributed by atoms with van der Waals surface area (Å²) in [7, 11) is 0. The van der Waals surface area contributed by atoms with E-state index in [4.69, 9.17) is 0 Å². The Morgan fingerprint density at radius 3 is 2.86 bits per heavy atom. The number of nitrogens with one attached hydrogen (secondary N) is 1. The van der Waals surface area contributed by atoms with E-state index in [0.29, 0.717) is 0 Å². The van der Waals surface area contributed by atoms with E-state index in [2.05, 4.69) is 24.1 Å². The standard InChI is InChI=1S/C11H24N2O/c1-3-11-6-5-7-13(11)8-10(9-14)12-4-2/h10-12,14H,3-9H2,1-2H3. The second-order valence-electron chi connectivity index (χ2n) is 4.14. The molecule has 1 aliphatic rings. The summed E-state index contributed by atoms with van der Waals surface area (Å²) >= 11 is 0. The van der Waals surface area contributed by atoms with Gasteiger partial charge < -0.3 is 10.4 Å². The fraction of sp³-hybridized carbons (Fsp3) is 1.00.